The molecule has 1 aliphatic rings. The summed E-state index contributed by atoms with van der Waals surface area (Å²) in [5, 5.41) is 27.7. The maximum atomic E-state index is 13.3. The topological polar surface area (TPSA) is 121 Å². The van der Waals surface area contributed by atoms with Crippen LogP contribution in [0.5, 0.6) is 0 Å². The van der Waals surface area contributed by atoms with Crippen molar-refractivity contribution in [1.82, 2.24) is 25.0 Å². The van der Waals surface area contributed by atoms with Gasteiger partial charge in [0.2, 0.25) is 11.8 Å². The second kappa shape index (κ2) is 15.1. The number of amides is 2. The van der Waals surface area contributed by atoms with Crippen LogP contribution in [0.15, 0.2) is 29.9 Å². The van der Waals surface area contributed by atoms with E-state index in [1.807, 2.05) is 78.3 Å². The van der Waals surface area contributed by atoms with E-state index in [-0.39, 0.29) is 43.2 Å². The number of aliphatic hydroxyl groups is 2. The van der Waals surface area contributed by atoms with Crippen LogP contribution in [0.2, 0.25) is 0 Å². The highest BCUT2D eigenvalue weighted by Crippen LogP contribution is 2.35. The van der Waals surface area contributed by atoms with Crippen molar-refractivity contribution in [2.75, 3.05) is 13.2 Å². The van der Waals surface area contributed by atoms with Crippen LogP contribution in [0.4, 0.5) is 0 Å². The molecule has 4 atom stereocenters. The summed E-state index contributed by atoms with van der Waals surface area (Å²) < 4.78 is 2.77. The largest absolute Gasteiger partial charge is 0.394 e. The standard InChI is InChI=1S/C25H33N5O4S.2C2H6/c1-5-30-20(8-9-27-30)18-7-6-17(23-22(18)26-13-35-23)19(12-31)28-24(33)21-10-16(32)11-29(21)25(34)15(4)14(2)3;2*1-2/h6-9,13-16,19,21,31-32H,5,10-12H2,1-4H3,(H,28,33);2*1-2H3. The van der Waals surface area contributed by atoms with E-state index >= 15 is 0 Å². The zero-order chi connectivity index (χ0) is 29.3. The second-order valence-electron chi connectivity index (χ2n) is 9.44. The number of β-amino-alcohol motifs (C(OH)–C–C–N with tert-alkyl or cyclic N) is 1. The van der Waals surface area contributed by atoms with Gasteiger partial charge in [0.25, 0.3) is 0 Å². The molecule has 0 radical (unpaired) electrons. The molecule has 1 saturated heterocycles. The molecule has 1 fully saturated rings. The van der Waals surface area contributed by atoms with Gasteiger partial charge < -0.3 is 20.4 Å². The average molecular weight is 560 g/mol. The number of carbonyl (C=O) groups is 2. The first-order chi connectivity index (χ1) is 18.8. The lowest BCUT2D eigenvalue weighted by atomic mass is 9.96. The van der Waals surface area contributed by atoms with Crippen LogP contribution in [0.1, 0.15) is 73.4 Å². The molecule has 0 spiro atoms. The maximum absolute atomic E-state index is 13.3. The minimum absolute atomic E-state index is 0.122. The van der Waals surface area contributed by atoms with E-state index in [1.54, 1.807) is 11.7 Å². The first-order valence-electron chi connectivity index (χ1n) is 14.0. The Bertz CT molecular complexity index is 1210. The number of benzene rings is 1. The maximum Gasteiger partial charge on any atom is 0.243 e. The highest BCUT2D eigenvalue weighted by molar-refractivity contribution is 7.17. The van der Waals surface area contributed by atoms with Crippen molar-refractivity contribution in [2.24, 2.45) is 11.8 Å². The van der Waals surface area contributed by atoms with Gasteiger partial charge in [-0.25, -0.2) is 4.98 Å². The molecule has 10 heteroatoms. The summed E-state index contributed by atoms with van der Waals surface area (Å²) in [4.78, 5) is 32.3. The Labute approximate surface area is 236 Å². The van der Waals surface area contributed by atoms with Crippen LogP contribution in [-0.4, -0.2) is 67.0 Å². The molecule has 2 aromatic heterocycles. The first kappa shape index (κ1) is 32.4. The zero-order valence-corrected chi connectivity index (χ0v) is 25.3. The number of carbonyl (C=O) groups excluding carboxylic acids is 2. The summed E-state index contributed by atoms with van der Waals surface area (Å²) in [5.74, 6) is -0.656. The van der Waals surface area contributed by atoms with Crippen molar-refractivity contribution < 1.29 is 19.8 Å². The zero-order valence-electron chi connectivity index (χ0n) is 24.5. The highest BCUT2D eigenvalue weighted by Gasteiger charge is 2.41. The lowest BCUT2D eigenvalue weighted by Crippen LogP contribution is -2.49. The van der Waals surface area contributed by atoms with E-state index in [0.717, 1.165) is 33.6 Å². The highest BCUT2D eigenvalue weighted by atomic mass is 32.1. The molecule has 4 rings (SSSR count). The van der Waals surface area contributed by atoms with Crippen LogP contribution in [0.3, 0.4) is 0 Å². The van der Waals surface area contributed by atoms with E-state index in [9.17, 15) is 19.8 Å². The van der Waals surface area contributed by atoms with E-state index in [2.05, 4.69) is 15.4 Å². The summed E-state index contributed by atoms with van der Waals surface area (Å²) in [6, 6.07) is 4.33. The molecule has 4 unspecified atom stereocenters. The quantitative estimate of drug-likeness (QED) is 0.370. The lowest BCUT2D eigenvalue weighted by molar-refractivity contribution is -0.142. The molecule has 1 aromatic carbocycles. The summed E-state index contributed by atoms with van der Waals surface area (Å²) in [6.07, 6.45) is 1.18. The number of likely N-dealkylation sites (tertiary alicyclic amines) is 1. The molecule has 0 aliphatic carbocycles. The number of nitrogens with one attached hydrogen (secondary N) is 1. The summed E-state index contributed by atoms with van der Waals surface area (Å²) >= 11 is 1.45. The van der Waals surface area contributed by atoms with Crippen molar-refractivity contribution in [3.63, 3.8) is 0 Å². The van der Waals surface area contributed by atoms with E-state index in [0.29, 0.717) is 0 Å². The third kappa shape index (κ3) is 7.04. The Morgan fingerprint density at radius 3 is 2.46 bits per heavy atom. The fourth-order valence-corrected chi connectivity index (χ4v) is 5.49. The Balaban J connectivity index is 0.00000127. The van der Waals surface area contributed by atoms with Gasteiger partial charge in [-0.2, -0.15) is 5.10 Å². The molecule has 0 saturated carbocycles. The number of thiazole rings is 1. The molecule has 1 aliphatic heterocycles. The third-order valence-corrected chi connectivity index (χ3v) is 7.81. The van der Waals surface area contributed by atoms with Gasteiger partial charge in [-0.05, 0) is 24.5 Å². The number of fused-ring (bicyclic) bond motifs is 1. The number of aliphatic hydroxyl groups excluding tert-OH is 2. The lowest BCUT2D eigenvalue weighted by Gasteiger charge is -2.29. The number of hydrogen-bond donors (Lipinski definition) is 3. The Kier molecular flexibility index (Phi) is 12.5. The molecule has 2 amide bonds. The van der Waals surface area contributed by atoms with Gasteiger partial charge in [0.05, 0.1) is 40.2 Å². The fourth-order valence-electron chi connectivity index (χ4n) is 4.61. The van der Waals surface area contributed by atoms with E-state index < -0.39 is 18.2 Å². The van der Waals surface area contributed by atoms with Gasteiger partial charge in [0.1, 0.15) is 6.04 Å². The molecule has 9 nitrogen and oxygen atoms in total. The molecular formula is C29H45N5O4S. The third-order valence-electron chi connectivity index (χ3n) is 6.94. The molecule has 0 bridgehead atoms. The Morgan fingerprint density at radius 2 is 1.85 bits per heavy atom. The Morgan fingerprint density at radius 1 is 1.15 bits per heavy atom. The fraction of sp³-hybridized carbons (Fsp3) is 0.586. The van der Waals surface area contributed by atoms with Gasteiger partial charge in [0, 0.05) is 37.2 Å². The van der Waals surface area contributed by atoms with Gasteiger partial charge >= 0.3 is 0 Å². The number of aromatic nitrogens is 3. The second-order valence-corrected chi connectivity index (χ2v) is 10.3. The first-order valence-corrected chi connectivity index (χ1v) is 14.9. The van der Waals surface area contributed by atoms with Crippen molar-refractivity contribution in [3.05, 3.63) is 35.5 Å². The normalized spacial score (nSPS) is 18.2. The van der Waals surface area contributed by atoms with Crippen molar-refractivity contribution in [3.8, 4) is 11.3 Å². The van der Waals surface area contributed by atoms with Crippen molar-refractivity contribution in [1.29, 1.82) is 0 Å². The SMILES string of the molecule is CC.CC.CCn1nccc1-c1ccc(C(CO)NC(=O)C2CC(O)CN2C(=O)C(C)C(C)C)c2scnc12. The van der Waals surface area contributed by atoms with E-state index in [4.69, 9.17) is 0 Å². The van der Waals surface area contributed by atoms with Crippen molar-refractivity contribution >= 4 is 33.4 Å². The van der Waals surface area contributed by atoms with E-state index in [1.165, 1.54) is 16.2 Å². The number of nitrogens with zero attached hydrogens (tertiary/aromatic N) is 4. The van der Waals surface area contributed by atoms with Crippen LogP contribution in [-0.2, 0) is 16.1 Å². The minimum Gasteiger partial charge on any atom is -0.394 e. The van der Waals surface area contributed by atoms with Crippen LogP contribution in [0, 0.1) is 11.8 Å². The molecule has 3 aromatic rings. The molecule has 3 N–H and O–H groups in total. The van der Waals surface area contributed by atoms with Gasteiger partial charge in [0.15, 0.2) is 0 Å². The van der Waals surface area contributed by atoms with Crippen LogP contribution < -0.4 is 5.32 Å². The molecule has 3 heterocycles. The molecule has 216 valence electrons. The van der Waals surface area contributed by atoms with Crippen molar-refractivity contribution in [2.45, 2.75) is 86.5 Å². The number of hydrogen-bond acceptors (Lipinski definition) is 7. The number of rotatable bonds is 8. The Hall–Kier alpha value is -2.82. The number of aryl methyl sites for hydroxylation is 1. The smallest absolute Gasteiger partial charge is 0.243 e. The van der Waals surface area contributed by atoms with Crippen LogP contribution >= 0.6 is 11.3 Å². The van der Waals surface area contributed by atoms with Gasteiger partial charge in [-0.15, -0.1) is 11.3 Å². The molecule has 39 heavy (non-hydrogen) atoms. The minimum atomic E-state index is -0.775. The predicted octanol–water partition coefficient (Wildman–Crippen LogP) is 4.64. The summed E-state index contributed by atoms with van der Waals surface area (Å²) in [6.45, 7) is 16.3. The van der Waals surface area contributed by atoms with Gasteiger partial charge in [-0.1, -0.05) is 60.6 Å². The molecular weight excluding hydrogens is 514 g/mol. The average Bonchev–Trinajstić information content (AvgIpc) is 3.72. The predicted molar refractivity (Wildman–Crippen MR) is 157 cm³/mol. The van der Waals surface area contributed by atoms with Crippen LogP contribution in [0.25, 0.3) is 21.5 Å². The van der Waals surface area contributed by atoms with Gasteiger partial charge in [-0.3, -0.25) is 14.3 Å². The summed E-state index contributed by atoms with van der Waals surface area (Å²) in [7, 11) is 0. The monoisotopic (exact) mass is 559 g/mol. The summed E-state index contributed by atoms with van der Waals surface area (Å²) in [5.41, 5.74) is 5.19.